The molecule has 2 rings (SSSR count). The highest BCUT2D eigenvalue weighted by atomic mass is 127. The first kappa shape index (κ1) is 20.0. The number of pyridine rings is 1. The first-order chi connectivity index (χ1) is 10.8. The summed E-state index contributed by atoms with van der Waals surface area (Å²) in [6.45, 7) is 5.41. The van der Waals surface area contributed by atoms with Gasteiger partial charge in [0.25, 0.3) is 0 Å². The predicted molar refractivity (Wildman–Crippen MR) is 103 cm³/mol. The van der Waals surface area contributed by atoms with E-state index in [0.29, 0.717) is 18.5 Å². The smallest absolute Gasteiger partial charge is 0.213 e. The first-order valence-electron chi connectivity index (χ1n) is 7.84. The Morgan fingerprint density at radius 2 is 2.13 bits per heavy atom. The zero-order valence-electron chi connectivity index (χ0n) is 14.1. The molecule has 1 aliphatic heterocycles. The molecule has 6 nitrogen and oxygen atoms in total. The molecule has 0 spiro atoms. The van der Waals surface area contributed by atoms with Gasteiger partial charge in [-0.1, -0.05) is 6.07 Å². The van der Waals surface area contributed by atoms with Crippen molar-refractivity contribution >= 4 is 29.9 Å². The van der Waals surface area contributed by atoms with E-state index in [9.17, 15) is 0 Å². The third-order valence-corrected chi connectivity index (χ3v) is 3.77. The molecule has 1 aromatic rings. The Hall–Kier alpha value is -1.09. The highest BCUT2D eigenvalue weighted by Gasteiger charge is 2.21. The van der Waals surface area contributed by atoms with Crippen LogP contribution in [0.2, 0.25) is 0 Å². The molecule has 130 valence electrons. The lowest BCUT2D eigenvalue weighted by Crippen LogP contribution is -2.46. The second kappa shape index (κ2) is 10.6. The number of rotatable bonds is 5. The summed E-state index contributed by atoms with van der Waals surface area (Å²) >= 11 is 0. The molecule has 0 radical (unpaired) electrons. The quantitative estimate of drug-likeness (QED) is 0.438. The topological polar surface area (TPSA) is 59.0 Å². The van der Waals surface area contributed by atoms with Crippen molar-refractivity contribution in [2.45, 2.75) is 32.4 Å². The SMILES string of the molecule is CCOC1CCN(C(=NC)NCc2cccc(OC)n2)CC1.I. The summed E-state index contributed by atoms with van der Waals surface area (Å²) in [6, 6.07) is 5.76. The van der Waals surface area contributed by atoms with E-state index in [-0.39, 0.29) is 24.0 Å². The normalized spacial score (nSPS) is 16.0. The number of likely N-dealkylation sites (tertiary alicyclic amines) is 1. The Morgan fingerprint density at radius 3 is 2.74 bits per heavy atom. The second-order valence-electron chi connectivity index (χ2n) is 5.21. The van der Waals surface area contributed by atoms with Gasteiger partial charge in [-0.2, -0.15) is 0 Å². The lowest BCUT2D eigenvalue weighted by atomic mass is 10.1. The molecule has 0 amide bonds. The van der Waals surface area contributed by atoms with Gasteiger partial charge in [-0.25, -0.2) is 4.98 Å². The first-order valence-corrected chi connectivity index (χ1v) is 7.84. The number of nitrogens with zero attached hydrogens (tertiary/aromatic N) is 3. The fourth-order valence-electron chi connectivity index (χ4n) is 2.64. The number of hydrogen-bond acceptors (Lipinski definition) is 4. The van der Waals surface area contributed by atoms with Gasteiger partial charge in [0.1, 0.15) is 0 Å². The molecule has 0 unspecified atom stereocenters. The average molecular weight is 434 g/mol. The van der Waals surface area contributed by atoms with Gasteiger partial charge in [0.05, 0.1) is 25.5 Å². The Balaban J connectivity index is 0.00000264. The van der Waals surface area contributed by atoms with Crippen molar-refractivity contribution in [2.24, 2.45) is 4.99 Å². The van der Waals surface area contributed by atoms with Crippen LogP contribution in [-0.4, -0.2) is 55.8 Å². The Kier molecular flexibility index (Phi) is 9.23. The van der Waals surface area contributed by atoms with Gasteiger partial charge in [0.2, 0.25) is 5.88 Å². The van der Waals surface area contributed by atoms with Crippen LogP contribution >= 0.6 is 24.0 Å². The maximum atomic E-state index is 5.69. The summed E-state index contributed by atoms with van der Waals surface area (Å²) in [4.78, 5) is 11.0. The van der Waals surface area contributed by atoms with Crippen LogP contribution in [0.4, 0.5) is 0 Å². The molecule has 0 atom stereocenters. The average Bonchev–Trinajstić information content (AvgIpc) is 2.57. The van der Waals surface area contributed by atoms with E-state index in [0.717, 1.165) is 44.2 Å². The largest absolute Gasteiger partial charge is 0.481 e. The van der Waals surface area contributed by atoms with Crippen LogP contribution < -0.4 is 10.1 Å². The number of aliphatic imine (C=N–C) groups is 1. The van der Waals surface area contributed by atoms with Gasteiger partial charge in [0.15, 0.2) is 5.96 Å². The third-order valence-electron chi connectivity index (χ3n) is 3.77. The summed E-state index contributed by atoms with van der Waals surface area (Å²) in [5, 5.41) is 3.37. The van der Waals surface area contributed by atoms with E-state index in [2.05, 4.69) is 20.2 Å². The van der Waals surface area contributed by atoms with Crippen LogP contribution in [0, 0.1) is 0 Å². The number of methoxy groups -OCH3 is 1. The van der Waals surface area contributed by atoms with Gasteiger partial charge in [0, 0.05) is 32.8 Å². The van der Waals surface area contributed by atoms with Crippen molar-refractivity contribution in [2.75, 3.05) is 33.9 Å². The zero-order valence-corrected chi connectivity index (χ0v) is 16.4. The molecule has 0 aliphatic carbocycles. The molecule has 1 aliphatic rings. The highest BCUT2D eigenvalue weighted by Crippen LogP contribution is 2.14. The van der Waals surface area contributed by atoms with Crippen LogP contribution in [0.1, 0.15) is 25.5 Å². The van der Waals surface area contributed by atoms with E-state index in [1.54, 1.807) is 7.11 Å². The van der Waals surface area contributed by atoms with Crippen LogP contribution in [-0.2, 0) is 11.3 Å². The number of hydrogen-bond donors (Lipinski definition) is 1. The standard InChI is InChI=1S/C16H26N4O2.HI/c1-4-22-14-8-10-20(11-9-14)16(17-2)18-12-13-6-5-7-15(19-13)21-3;/h5-7,14H,4,8-12H2,1-3H3,(H,17,18);1H. The van der Waals surface area contributed by atoms with Crippen LogP contribution in [0.5, 0.6) is 5.88 Å². The molecule has 2 heterocycles. The van der Waals surface area contributed by atoms with Gasteiger partial charge in [-0.05, 0) is 25.8 Å². The Morgan fingerprint density at radius 1 is 1.39 bits per heavy atom. The number of aromatic nitrogens is 1. The molecule has 1 saturated heterocycles. The number of nitrogens with one attached hydrogen (secondary N) is 1. The van der Waals surface area contributed by atoms with E-state index < -0.39 is 0 Å². The lowest BCUT2D eigenvalue weighted by molar-refractivity contribution is 0.0263. The molecule has 0 aromatic carbocycles. The second-order valence-corrected chi connectivity index (χ2v) is 5.21. The third kappa shape index (κ3) is 6.14. The molecule has 1 fully saturated rings. The van der Waals surface area contributed by atoms with Crippen molar-refractivity contribution in [1.82, 2.24) is 15.2 Å². The molecule has 0 saturated carbocycles. The maximum absolute atomic E-state index is 5.69. The summed E-state index contributed by atoms with van der Waals surface area (Å²) in [6.07, 6.45) is 2.48. The van der Waals surface area contributed by atoms with Gasteiger partial charge in [-0.3, -0.25) is 4.99 Å². The molecule has 1 N–H and O–H groups in total. The van der Waals surface area contributed by atoms with E-state index in [1.165, 1.54) is 0 Å². The van der Waals surface area contributed by atoms with Crippen LogP contribution in [0.3, 0.4) is 0 Å². The monoisotopic (exact) mass is 434 g/mol. The molecule has 23 heavy (non-hydrogen) atoms. The van der Waals surface area contributed by atoms with Crippen molar-refractivity contribution in [3.63, 3.8) is 0 Å². The number of ether oxygens (including phenoxy) is 2. The maximum Gasteiger partial charge on any atom is 0.213 e. The minimum Gasteiger partial charge on any atom is -0.481 e. The summed E-state index contributed by atoms with van der Waals surface area (Å²) in [7, 11) is 3.44. The van der Waals surface area contributed by atoms with Crippen LogP contribution in [0.15, 0.2) is 23.2 Å². The number of piperidine rings is 1. The lowest BCUT2D eigenvalue weighted by Gasteiger charge is -2.34. The fourth-order valence-corrected chi connectivity index (χ4v) is 2.64. The van der Waals surface area contributed by atoms with Crippen LogP contribution in [0.25, 0.3) is 0 Å². The van der Waals surface area contributed by atoms with E-state index in [1.807, 2.05) is 32.2 Å². The van der Waals surface area contributed by atoms with E-state index in [4.69, 9.17) is 9.47 Å². The molecule has 7 heteroatoms. The Labute approximate surface area is 155 Å². The zero-order chi connectivity index (χ0) is 15.8. The number of guanidine groups is 1. The summed E-state index contributed by atoms with van der Waals surface area (Å²) in [5.41, 5.74) is 0.935. The summed E-state index contributed by atoms with van der Waals surface area (Å²) in [5.74, 6) is 1.55. The van der Waals surface area contributed by atoms with Crippen molar-refractivity contribution in [3.05, 3.63) is 23.9 Å². The van der Waals surface area contributed by atoms with Crippen molar-refractivity contribution in [3.8, 4) is 5.88 Å². The van der Waals surface area contributed by atoms with Crippen molar-refractivity contribution < 1.29 is 9.47 Å². The Bertz CT molecular complexity index is 491. The van der Waals surface area contributed by atoms with Gasteiger partial charge in [-0.15, -0.1) is 24.0 Å². The van der Waals surface area contributed by atoms with Crippen molar-refractivity contribution in [1.29, 1.82) is 0 Å². The van der Waals surface area contributed by atoms with Gasteiger partial charge < -0.3 is 19.7 Å². The molecular weight excluding hydrogens is 407 g/mol. The highest BCUT2D eigenvalue weighted by molar-refractivity contribution is 14.0. The number of halogens is 1. The summed E-state index contributed by atoms with van der Waals surface area (Å²) < 4.78 is 10.8. The van der Waals surface area contributed by atoms with E-state index >= 15 is 0 Å². The fraction of sp³-hybridized carbons (Fsp3) is 0.625. The molecule has 0 bridgehead atoms. The minimum atomic E-state index is 0. The minimum absolute atomic E-state index is 0. The molecule has 1 aromatic heterocycles. The van der Waals surface area contributed by atoms with Gasteiger partial charge >= 0.3 is 0 Å². The molecular formula is C16H27IN4O2. The predicted octanol–water partition coefficient (Wildman–Crippen LogP) is 2.28.